The molecule has 134 valence electrons. The van der Waals surface area contributed by atoms with Crippen LogP contribution < -0.4 is 4.74 Å². The predicted molar refractivity (Wildman–Crippen MR) is 90.9 cm³/mol. The van der Waals surface area contributed by atoms with E-state index >= 15 is 0 Å². The molecule has 2 aliphatic rings. The zero-order valence-corrected chi connectivity index (χ0v) is 14.9. The summed E-state index contributed by atoms with van der Waals surface area (Å²) in [6, 6.07) is 2.43. The van der Waals surface area contributed by atoms with Crippen molar-refractivity contribution in [2.75, 3.05) is 33.8 Å². The minimum Gasteiger partial charge on any atom is -0.479 e. The third kappa shape index (κ3) is 4.09. The van der Waals surface area contributed by atoms with E-state index in [2.05, 4.69) is 10.1 Å². The summed E-state index contributed by atoms with van der Waals surface area (Å²) in [6.07, 6.45) is 7.50. The second kappa shape index (κ2) is 8.01. The molecular formula is C18H29N3O3. The number of carbonyl (C=O) groups is 1. The average Bonchev–Trinajstić information content (AvgIpc) is 3.08. The number of rotatable bonds is 6. The molecule has 0 spiro atoms. The van der Waals surface area contributed by atoms with Gasteiger partial charge < -0.3 is 19.1 Å². The number of aryl methyl sites for hydroxylation is 1. The van der Waals surface area contributed by atoms with Gasteiger partial charge in [-0.15, -0.1) is 0 Å². The summed E-state index contributed by atoms with van der Waals surface area (Å²) in [4.78, 5) is 17.0. The molecule has 2 atom stereocenters. The second-order valence-corrected chi connectivity index (χ2v) is 7.11. The molecule has 2 unspecified atom stereocenters. The molecular weight excluding hydrogens is 306 g/mol. The molecule has 2 aliphatic heterocycles. The fourth-order valence-electron chi connectivity index (χ4n) is 4.17. The van der Waals surface area contributed by atoms with Crippen LogP contribution in [0.5, 0.6) is 5.88 Å². The molecule has 1 aromatic rings. The van der Waals surface area contributed by atoms with Crippen LogP contribution in [0, 0.1) is 5.92 Å². The van der Waals surface area contributed by atoms with E-state index in [1.165, 1.54) is 45.2 Å². The largest absolute Gasteiger partial charge is 0.479 e. The van der Waals surface area contributed by atoms with Crippen LogP contribution in [0.25, 0.3) is 0 Å². The Labute approximate surface area is 144 Å². The van der Waals surface area contributed by atoms with E-state index in [1.54, 1.807) is 13.2 Å². The van der Waals surface area contributed by atoms with Crippen molar-refractivity contribution >= 4 is 5.91 Å². The van der Waals surface area contributed by atoms with Gasteiger partial charge in [-0.25, -0.2) is 0 Å². The van der Waals surface area contributed by atoms with Gasteiger partial charge in [-0.2, -0.15) is 0 Å². The highest BCUT2D eigenvalue weighted by molar-refractivity contribution is 5.76. The molecule has 0 N–H and O–H groups in total. The van der Waals surface area contributed by atoms with E-state index in [4.69, 9.17) is 9.26 Å². The van der Waals surface area contributed by atoms with Crippen molar-refractivity contribution in [2.24, 2.45) is 5.92 Å². The third-order valence-electron chi connectivity index (χ3n) is 5.49. The summed E-state index contributed by atoms with van der Waals surface area (Å²) in [7, 11) is 3.49. The van der Waals surface area contributed by atoms with Crippen molar-refractivity contribution in [3.05, 3.63) is 11.8 Å². The molecule has 3 rings (SSSR count). The number of piperidine rings is 2. The zero-order valence-electron chi connectivity index (χ0n) is 14.9. The minimum absolute atomic E-state index is 0.179. The van der Waals surface area contributed by atoms with E-state index in [1.807, 2.05) is 11.9 Å². The number of aromatic nitrogens is 1. The number of nitrogens with zero attached hydrogens (tertiary/aromatic N) is 3. The number of methoxy groups -OCH3 is 1. The summed E-state index contributed by atoms with van der Waals surface area (Å²) in [5.41, 5.74) is 0. The van der Waals surface area contributed by atoms with Gasteiger partial charge in [-0.05, 0) is 49.8 Å². The molecule has 6 heteroatoms. The first-order valence-electron chi connectivity index (χ1n) is 9.15. The van der Waals surface area contributed by atoms with Crippen LogP contribution in [0.1, 0.15) is 44.3 Å². The zero-order chi connectivity index (χ0) is 16.9. The van der Waals surface area contributed by atoms with Crippen molar-refractivity contribution in [1.82, 2.24) is 15.0 Å². The van der Waals surface area contributed by atoms with E-state index < -0.39 is 0 Å². The molecule has 24 heavy (non-hydrogen) atoms. The summed E-state index contributed by atoms with van der Waals surface area (Å²) in [5, 5.41) is 3.77. The van der Waals surface area contributed by atoms with Gasteiger partial charge in [0.2, 0.25) is 5.91 Å². The van der Waals surface area contributed by atoms with Gasteiger partial charge in [-0.3, -0.25) is 4.79 Å². The second-order valence-electron chi connectivity index (χ2n) is 7.11. The van der Waals surface area contributed by atoms with Crippen molar-refractivity contribution in [2.45, 2.75) is 51.0 Å². The lowest BCUT2D eigenvalue weighted by atomic mass is 9.83. The quantitative estimate of drug-likeness (QED) is 0.798. The fourth-order valence-corrected chi connectivity index (χ4v) is 4.17. The lowest BCUT2D eigenvalue weighted by Gasteiger charge is -2.45. The Morgan fingerprint density at radius 1 is 1.38 bits per heavy atom. The van der Waals surface area contributed by atoms with Gasteiger partial charge in [0, 0.05) is 38.5 Å². The van der Waals surface area contributed by atoms with Gasteiger partial charge in [0.15, 0.2) is 0 Å². The Kier molecular flexibility index (Phi) is 5.76. The fraction of sp³-hybridized carbons (Fsp3) is 0.778. The van der Waals surface area contributed by atoms with Gasteiger partial charge in [0.1, 0.15) is 5.76 Å². The molecule has 0 aromatic carbocycles. The molecule has 2 fully saturated rings. The van der Waals surface area contributed by atoms with Crippen molar-refractivity contribution < 1.29 is 14.1 Å². The van der Waals surface area contributed by atoms with Gasteiger partial charge in [0.25, 0.3) is 5.88 Å². The van der Waals surface area contributed by atoms with Crippen LogP contribution in [-0.4, -0.2) is 60.7 Å². The highest BCUT2D eigenvalue weighted by Gasteiger charge is 2.33. The Balaban J connectivity index is 1.48. The van der Waals surface area contributed by atoms with Crippen LogP contribution in [0.15, 0.2) is 10.6 Å². The van der Waals surface area contributed by atoms with Crippen LogP contribution in [0.2, 0.25) is 0 Å². The summed E-state index contributed by atoms with van der Waals surface area (Å²) < 4.78 is 10.1. The molecule has 1 aromatic heterocycles. The summed E-state index contributed by atoms with van der Waals surface area (Å²) in [6.45, 7) is 3.36. The number of amides is 1. The number of ether oxygens (including phenoxy) is 1. The van der Waals surface area contributed by atoms with Crippen LogP contribution >= 0.6 is 0 Å². The Morgan fingerprint density at radius 2 is 2.21 bits per heavy atom. The molecule has 0 bridgehead atoms. The van der Waals surface area contributed by atoms with Crippen LogP contribution in [0.3, 0.4) is 0 Å². The molecule has 1 amide bonds. The molecule has 6 nitrogen and oxygen atoms in total. The first-order chi connectivity index (χ1) is 11.7. The van der Waals surface area contributed by atoms with Crippen molar-refractivity contribution in [1.29, 1.82) is 0 Å². The third-order valence-corrected chi connectivity index (χ3v) is 5.49. The maximum atomic E-state index is 12.4. The summed E-state index contributed by atoms with van der Waals surface area (Å²) in [5.74, 6) is 1.96. The molecule has 0 aliphatic carbocycles. The topological polar surface area (TPSA) is 58.8 Å². The first-order valence-corrected chi connectivity index (χ1v) is 9.15. The SMILES string of the molecule is COc1cc(CCC(=O)N(C)CC2CCCN3CCCCC23)on1. The number of carbonyl (C=O) groups excluding carboxylic acids is 1. The van der Waals surface area contributed by atoms with Gasteiger partial charge in [-0.1, -0.05) is 6.42 Å². The Bertz CT molecular complexity index is 543. The van der Waals surface area contributed by atoms with Gasteiger partial charge in [0.05, 0.1) is 7.11 Å². The lowest BCUT2D eigenvalue weighted by Crippen LogP contribution is -2.51. The first kappa shape index (κ1) is 17.3. The smallest absolute Gasteiger partial charge is 0.254 e. The molecule has 0 radical (unpaired) electrons. The monoisotopic (exact) mass is 335 g/mol. The predicted octanol–water partition coefficient (Wildman–Crippen LogP) is 2.34. The lowest BCUT2D eigenvalue weighted by molar-refractivity contribution is -0.131. The number of hydrogen-bond acceptors (Lipinski definition) is 5. The normalized spacial score (nSPS) is 24.4. The molecule has 0 saturated carbocycles. The van der Waals surface area contributed by atoms with E-state index in [0.717, 1.165) is 6.54 Å². The number of hydrogen-bond donors (Lipinski definition) is 0. The average molecular weight is 335 g/mol. The Hall–Kier alpha value is -1.56. The molecule has 3 heterocycles. The minimum atomic E-state index is 0.179. The highest BCUT2D eigenvalue weighted by Crippen LogP contribution is 2.31. The van der Waals surface area contributed by atoms with Crippen molar-refractivity contribution in [3.8, 4) is 5.88 Å². The van der Waals surface area contributed by atoms with E-state index in [9.17, 15) is 4.79 Å². The maximum Gasteiger partial charge on any atom is 0.254 e. The number of fused-ring (bicyclic) bond motifs is 1. The maximum absolute atomic E-state index is 12.4. The highest BCUT2D eigenvalue weighted by atomic mass is 16.5. The van der Waals surface area contributed by atoms with Gasteiger partial charge >= 0.3 is 0 Å². The standard InChI is InChI=1S/C18H29N3O3/c1-20(18(22)9-8-15-12-17(23-2)19-24-15)13-14-6-5-11-21-10-4-3-7-16(14)21/h12,14,16H,3-11,13H2,1-2H3. The molecule has 2 saturated heterocycles. The Morgan fingerprint density at radius 3 is 3.00 bits per heavy atom. The summed E-state index contributed by atoms with van der Waals surface area (Å²) >= 11 is 0. The van der Waals surface area contributed by atoms with Crippen molar-refractivity contribution in [3.63, 3.8) is 0 Å². The van der Waals surface area contributed by atoms with E-state index in [0.29, 0.717) is 36.4 Å². The van der Waals surface area contributed by atoms with Crippen LogP contribution in [-0.2, 0) is 11.2 Å². The van der Waals surface area contributed by atoms with Crippen LogP contribution in [0.4, 0.5) is 0 Å². The van der Waals surface area contributed by atoms with E-state index in [-0.39, 0.29) is 5.91 Å².